The predicted molar refractivity (Wildman–Crippen MR) is 65.2 cm³/mol. The molecule has 1 aliphatic heterocycles. The number of nitrogens with one attached hydrogen (secondary N) is 1. The molecule has 116 valence electrons. The molecule has 1 atom stereocenters. The molecule has 0 radical (unpaired) electrons. The summed E-state index contributed by atoms with van der Waals surface area (Å²) in [4.78, 5) is 24.3. The second-order valence-corrected chi connectivity index (χ2v) is 5.06. The fourth-order valence-corrected chi connectivity index (χ4v) is 2.26. The number of amides is 2. The van der Waals surface area contributed by atoms with Crippen LogP contribution >= 0.6 is 0 Å². The molecule has 1 heterocycles. The molecule has 0 aromatic heterocycles. The van der Waals surface area contributed by atoms with Crippen molar-refractivity contribution in [2.24, 2.45) is 5.41 Å². The molecule has 0 bridgehead atoms. The Balaban J connectivity index is 2.37. The molecule has 1 unspecified atom stereocenters. The Morgan fingerprint density at radius 3 is 2.50 bits per heavy atom. The average molecular weight is 296 g/mol. The highest BCUT2D eigenvalue weighted by Crippen LogP contribution is 2.34. The van der Waals surface area contributed by atoms with E-state index in [0.29, 0.717) is 19.4 Å². The summed E-state index contributed by atoms with van der Waals surface area (Å²) in [6, 6.07) is -0.497. The number of urea groups is 1. The van der Waals surface area contributed by atoms with E-state index in [0.717, 1.165) is 0 Å². The Hall–Kier alpha value is -1.47. The van der Waals surface area contributed by atoms with Crippen LogP contribution in [0.25, 0.3) is 0 Å². The second-order valence-electron chi connectivity index (χ2n) is 5.06. The number of alkyl halides is 3. The zero-order valence-corrected chi connectivity index (χ0v) is 11.3. The smallest absolute Gasteiger partial charge is 0.389 e. The lowest BCUT2D eigenvalue weighted by Gasteiger charge is -2.23. The highest BCUT2D eigenvalue weighted by atomic mass is 19.4. The third-order valence-electron chi connectivity index (χ3n) is 3.68. The number of nitrogens with zero attached hydrogens (tertiary/aromatic N) is 1. The molecule has 1 fully saturated rings. The van der Waals surface area contributed by atoms with Crippen LogP contribution < -0.4 is 5.32 Å². The van der Waals surface area contributed by atoms with Gasteiger partial charge in [-0.1, -0.05) is 6.92 Å². The molecule has 8 heteroatoms. The number of carbonyl (C=O) groups excluding carboxylic acids is 1. The first-order valence-electron chi connectivity index (χ1n) is 6.53. The van der Waals surface area contributed by atoms with Crippen molar-refractivity contribution in [3.05, 3.63) is 0 Å². The van der Waals surface area contributed by atoms with Crippen molar-refractivity contribution in [3.63, 3.8) is 0 Å². The Bertz CT molecular complexity index is 373. The largest absolute Gasteiger partial charge is 0.481 e. The Morgan fingerprint density at radius 1 is 1.40 bits per heavy atom. The Labute approximate surface area is 115 Å². The van der Waals surface area contributed by atoms with Crippen molar-refractivity contribution in [1.29, 1.82) is 0 Å². The zero-order chi connectivity index (χ0) is 15.4. The molecule has 5 nitrogen and oxygen atoms in total. The number of likely N-dealkylation sites (tertiary alicyclic amines) is 1. The first-order chi connectivity index (χ1) is 9.20. The van der Waals surface area contributed by atoms with E-state index in [1.807, 2.05) is 0 Å². The lowest BCUT2D eigenvalue weighted by molar-refractivity contribution is -0.148. The molecule has 2 amide bonds. The van der Waals surface area contributed by atoms with Crippen molar-refractivity contribution < 1.29 is 27.9 Å². The highest BCUT2D eigenvalue weighted by molar-refractivity contribution is 5.79. The molecule has 0 spiro atoms. The summed E-state index contributed by atoms with van der Waals surface area (Å²) in [7, 11) is 0. The van der Waals surface area contributed by atoms with Crippen LogP contribution in [0.15, 0.2) is 0 Å². The molecule has 2 N–H and O–H groups in total. The average Bonchev–Trinajstić information content (AvgIpc) is 2.79. The molecular weight excluding hydrogens is 277 g/mol. The van der Waals surface area contributed by atoms with Crippen LogP contribution in [-0.2, 0) is 4.79 Å². The summed E-state index contributed by atoms with van der Waals surface area (Å²) in [5, 5.41) is 11.6. The maximum atomic E-state index is 11.9. The van der Waals surface area contributed by atoms with Crippen LogP contribution in [0.1, 0.15) is 32.6 Å². The minimum Gasteiger partial charge on any atom is -0.481 e. The number of carboxylic acids is 1. The van der Waals surface area contributed by atoms with Crippen LogP contribution in [0, 0.1) is 5.41 Å². The molecular formula is C12H19F3N2O3. The number of halogens is 3. The van der Waals surface area contributed by atoms with Gasteiger partial charge in [-0.2, -0.15) is 13.2 Å². The fraction of sp³-hybridized carbons (Fsp3) is 0.833. The van der Waals surface area contributed by atoms with Gasteiger partial charge in [0.25, 0.3) is 0 Å². The SMILES string of the molecule is CCC1(C(=O)O)CCN(C(=O)NCCCC(F)(F)F)C1. The van der Waals surface area contributed by atoms with Gasteiger partial charge in [0.05, 0.1) is 5.41 Å². The molecule has 0 saturated carbocycles. The predicted octanol–water partition coefficient (Wildman–Crippen LogP) is 2.23. The van der Waals surface area contributed by atoms with Crippen LogP contribution in [-0.4, -0.2) is 47.8 Å². The van der Waals surface area contributed by atoms with E-state index in [1.165, 1.54) is 4.90 Å². The minimum absolute atomic E-state index is 0.0684. The number of carboxylic acid groups (broad SMARTS) is 1. The minimum atomic E-state index is -4.22. The summed E-state index contributed by atoms with van der Waals surface area (Å²) in [5.41, 5.74) is -0.927. The molecule has 1 aliphatic rings. The van der Waals surface area contributed by atoms with Crippen molar-refractivity contribution >= 4 is 12.0 Å². The van der Waals surface area contributed by atoms with E-state index in [1.54, 1.807) is 6.92 Å². The molecule has 1 saturated heterocycles. The van der Waals surface area contributed by atoms with Crippen molar-refractivity contribution in [2.45, 2.75) is 38.8 Å². The Kier molecular flexibility index (Phi) is 5.24. The fourth-order valence-electron chi connectivity index (χ4n) is 2.26. The van der Waals surface area contributed by atoms with Gasteiger partial charge in [0.1, 0.15) is 0 Å². The van der Waals surface area contributed by atoms with Gasteiger partial charge in [0, 0.05) is 26.1 Å². The monoisotopic (exact) mass is 296 g/mol. The van der Waals surface area contributed by atoms with E-state index in [4.69, 9.17) is 0 Å². The van der Waals surface area contributed by atoms with Gasteiger partial charge in [-0.25, -0.2) is 4.79 Å². The Morgan fingerprint density at radius 2 is 2.05 bits per heavy atom. The standard InChI is InChI=1S/C12H19F3N2O3/c1-2-11(9(18)19)5-7-17(8-11)10(20)16-6-3-4-12(13,14)15/h2-8H2,1H3,(H,16,20)(H,18,19). The van der Waals surface area contributed by atoms with Crippen LogP contribution in [0.3, 0.4) is 0 Å². The maximum Gasteiger partial charge on any atom is 0.389 e. The first kappa shape index (κ1) is 16.6. The van der Waals surface area contributed by atoms with Crippen molar-refractivity contribution in [1.82, 2.24) is 10.2 Å². The van der Waals surface area contributed by atoms with E-state index in [-0.39, 0.29) is 19.5 Å². The molecule has 0 aromatic carbocycles. The normalized spacial score (nSPS) is 22.9. The number of rotatable bonds is 5. The van der Waals surface area contributed by atoms with Gasteiger partial charge in [-0.15, -0.1) is 0 Å². The van der Waals surface area contributed by atoms with Crippen LogP contribution in [0.5, 0.6) is 0 Å². The van der Waals surface area contributed by atoms with Crippen molar-refractivity contribution in [2.75, 3.05) is 19.6 Å². The lowest BCUT2D eigenvalue weighted by atomic mass is 9.84. The van der Waals surface area contributed by atoms with Crippen LogP contribution in [0.2, 0.25) is 0 Å². The second kappa shape index (κ2) is 6.32. The number of aliphatic carboxylic acids is 1. The topological polar surface area (TPSA) is 69.6 Å². The van der Waals surface area contributed by atoms with E-state index in [2.05, 4.69) is 5.32 Å². The summed E-state index contributed by atoms with van der Waals surface area (Å²) < 4.78 is 35.8. The molecule has 1 rings (SSSR count). The summed E-state index contributed by atoms with van der Waals surface area (Å²) in [6.07, 6.45) is -4.56. The highest BCUT2D eigenvalue weighted by Gasteiger charge is 2.44. The van der Waals surface area contributed by atoms with Crippen molar-refractivity contribution in [3.8, 4) is 0 Å². The van der Waals surface area contributed by atoms with Gasteiger partial charge in [-0.3, -0.25) is 4.79 Å². The van der Waals surface area contributed by atoms with Gasteiger partial charge in [0.15, 0.2) is 0 Å². The zero-order valence-electron chi connectivity index (χ0n) is 11.3. The first-order valence-corrected chi connectivity index (χ1v) is 6.53. The third kappa shape index (κ3) is 4.28. The van der Waals surface area contributed by atoms with Gasteiger partial charge in [-0.05, 0) is 19.3 Å². The summed E-state index contributed by atoms with van der Waals surface area (Å²) in [6.45, 7) is 2.09. The summed E-state index contributed by atoms with van der Waals surface area (Å²) >= 11 is 0. The van der Waals surface area contributed by atoms with E-state index < -0.39 is 30.0 Å². The van der Waals surface area contributed by atoms with Crippen LogP contribution in [0.4, 0.5) is 18.0 Å². The molecule has 0 aromatic rings. The van der Waals surface area contributed by atoms with E-state index in [9.17, 15) is 27.9 Å². The number of hydrogen-bond donors (Lipinski definition) is 2. The maximum absolute atomic E-state index is 11.9. The van der Waals surface area contributed by atoms with Gasteiger partial charge >= 0.3 is 18.2 Å². The lowest BCUT2D eigenvalue weighted by Crippen LogP contribution is -2.42. The molecule has 20 heavy (non-hydrogen) atoms. The van der Waals surface area contributed by atoms with E-state index >= 15 is 0 Å². The van der Waals surface area contributed by atoms with Gasteiger partial charge in [0.2, 0.25) is 0 Å². The van der Waals surface area contributed by atoms with Gasteiger partial charge < -0.3 is 15.3 Å². The third-order valence-corrected chi connectivity index (χ3v) is 3.68. The number of hydrogen-bond acceptors (Lipinski definition) is 2. The molecule has 0 aliphatic carbocycles. The summed E-state index contributed by atoms with van der Waals surface area (Å²) in [5.74, 6) is -0.938. The quantitative estimate of drug-likeness (QED) is 0.764. The number of carbonyl (C=O) groups is 2.